The molecule has 194 valence electrons. The van der Waals surface area contributed by atoms with Gasteiger partial charge in [0.25, 0.3) is 5.89 Å². The van der Waals surface area contributed by atoms with Crippen LogP contribution in [-0.4, -0.2) is 60.9 Å². The molecular formula is C26H32Cl2N4O4. The summed E-state index contributed by atoms with van der Waals surface area (Å²) in [6, 6.07) is 20.6. The fourth-order valence-corrected chi connectivity index (χ4v) is 4.22. The Morgan fingerprint density at radius 3 is 2.47 bits per heavy atom. The minimum atomic E-state index is 0. The van der Waals surface area contributed by atoms with Gasteiger partial charge in [0.1, 0.15) is 12.4 Å². The monoisotopic (exact) mass is 534 g/mol. The van der Waals surface area contributed by atoms with Crippen LogP contribution in [0.5, 0.6) is 5.75 Å². The summed E-state index contributed by atoms with van der Waals surface area (Å²) < 4.78 is 16.7. The summed E-state index contributed by atoms with van der Waals surface area (Å²) in [5.41, 5.74) is 3.18. The SMILES string of the molecule is COc1ccccc1-c1nc(COCc2ccc3cccc(N4CCN(C)CC4)c3c2)no1.Cl.Cl.O. The van der Waals surface area contributed by atoms with Crippen LogP contribution in [0.25, 0.3) is 22.2 Å². The zero-order valence-electron chi connectivity index (χ0n) is 20.3. The molecule has 2 N–H and O–H groups in total. The Morgan fingerprint density at radius 1 is 0.917 bits per heavy atom. The first-order chi connectivity index (χ1) is 16.2. The zero-order chi connectivity index (χ0) is 22.6. The van der Waals surface area contributed by atoms with E-state index in [2.05, 4.69) is 63.4 Å². The molecule has 5 rings (SSSR count). The summed E-state index contributed by atoms with van der Waals surface area (Å²) in [5, 5.41) is 6.56. The van der Waals surface area contributed by atoms with Crippen LogP contribution < -0.4 is 9.64 Å². The normalized spacial score (nSPS) is 13.4. The predicted molar refractivity (Wildman–Crippen MR) is 147 cm³/mol. The molecule has 0 spiro atoms. The number of benzene rings is 3. The number of para-hydroxylation sites is 1. The number of nitrogens with zero attached hydrogens (tertiary/aromatic N) is 4. The van der Waals surface area contributed by atoms with Crippen LogP contribution in [-0.2, 0) is 18.0 Å². The summed E-state index contributed by atoms with van der Waals surface area (Å²) in [5.74, 6) is 1.63. The largest absolute Gasteiger partial charge is 0.496 e. The zero-order valence-corrected chi connectivity index (χ0v) is 22.0. The molecule has 0 amide bonds. The van der Waals surface area contributed by atoms with Crippen LogP contribution >= 0.6 is 24.8 Å². The highest BCUT2D eigenvalue weighted by atomic mass is 35.5. The molecule has 1 saturated heterocycles. The minimum absolute atomic E-state index is 0. The van der Waals surface area contributed by atoms with Gasteiger partial charge in [-0.1, -0.05) is 41.6 Å². The number of halogens is 2. The lowest BCUT2D eigenvalue weighted by Gasteiger charge is -2.34. The fraction of sp³-hybridized carbons (Fsp3) is 0.308. The van der Waals surface area contributed by atoms with Gasteiger partial charge in [-0.15, -0.1) is 24.8 Å². The van der Waals surface area contributed by atoms with E-state index < -0.39 is 0 Å². The average molecular weight is 535 g/mol. The summed E-state index contributed by atoms with van der Waals surface area (Å²) in [6.07, 6.45) is 0. The molecule has 0 radical (unpaired) electrons. The first kappa shape index (κ1) is 29.4. The smallest absolute Gasteiger partial charge is 0.261 e. The maximum Gasteiger partial charge on any atom is 0.261 e. The van der Waals surface area contributed by atoms with Crippen molar-refractivity contribution >= 4 is 41.3 Å². The van der Waals surface area contributed by atoms with Gasteiger partial charge in [-0.2, -0.15) is 4.98 Å². The number of fused-ring (bicyclic) bond motifs is 1. The summed E-state index contributed by atoms with van der Waals surface area (Å²) >= 11 is 0. The number of hydrogen-bond donors (Lipinski definition) is 0. The lowest BCUT2D eigenvalue weighted by Crippen LogP contribution is -2.44. The molecule has 0 aliphatic carbocycles. The second kappa shape index (κ2) is 13.4. The molecule has 1 aliphatic rings. The maximum absolute atomic E-state index is 5.92. The number of hydrogen-bond acceptors (Lipinski definition) is 7. The van der Waals surface area contributed by atoms with Crippen molar-refractivity contribution in [3.05, 3.63) is 72.1 Å². The van der Waals surface area contributed by atoms with Crippen LogP contribution in [0.15, 0.2) is 65.2 Å². The molecule has 36 heavy (non-hydrogen) atoms. The predicted octanol–water partition coefficient (Wildman–Crippen LogP) is 4.39. The standard InChI is InChI=1S/C26H28N4O3.2ClH.H2O/c1-29-12-14-30(15-13-29)23-8-5-6-20-11-10-19(16-22(20)23)17-32-18-25-27-26(33-28-25)21-7-3-4-9-24(21)31-2;;;/h3-11,16H,12-15,17-18H2,1-2H3;2*1H;1H2. The van der Waals surface area contributed by atoms with Gasteiger partial charge in [-0.3, -0.25) is 0 Å². The molecule has 1 aliphatic heterocycles. The van der Waals surface area contributed by atoms with Crippen molar-refractivity contribution in [1.82, 2.24) is 15.0 Å². The Kier molecular flexibility index (Phi) is 11.0. The molecule has 0 bridgehead atoms. The molecule has 1 fully saturated rings. The van der Waals surface area contributed by atoms with Crippen molar-refractivity contribution in [2.24, 2.45) is 0 Å². The van der Waals surface area contributed by atoms with E-state index in [9.17, 15) is 0 Å². The number of anilines is 1. The fourth-order valence-electron chi connectivity index (χ4n) is 4.22. The Balaban J connectivity index is 0.00000152. The van der Waals surface area contributed by atoms with E-state index in [-0.39, 0.29) is 36.9 Å². The van der Waals surface area contributed by atoms with Crippen LogP contribution in [0, 0.1) is 0 Å². The van der Waals surface area contributed by atoms with Gasteiger partial charge in [-0.25, -0.2) is 0 Å². The first-order valence-electron chi connectivity index (χ1n) is 11.2. The highest BCUT2D eigenvalue weighted by Gasteiger charge is 2.17. The van der Waals surface area contributed by atoms with Crippen LogP contribution in [0.2, 0.25) is 0 Å². The number of likely N-dealkylation sites (N-methyl/N-ethyl adjacent to an activating group) is 1. The van der Waals surface area contributed by atoms with Crippen molar-refractivity contribution < 1.29 is 19.5 Å². The van der Waals surface area contributed by atoms with E-state index in [1.807, 2.05) is 24.3 Å². The summed E-state index contributed by atoms with van der Waals surface area (Å²) in [7, 11) is 3.80. The van der Waals surface area contributed by atoms with Gasteiger partial charge in [0.05, 0.1) is 19.3 Å². The van der Waals surface area contributed by atoms with Gasteiger partial charge in [0, 0.05) is 37.3 Å². The molecule has 2 heterocycles. The third kappa shape index (κ3) is 6.46. The lowest BCUT2D eigenvalue weighted by molar-refractivity contribution is 0.100. The second-order valence-electron chi connectivity index (χ2n) is 8.33. The summed E-state index contributed by atoms with van der Waals surface area (Å²) in [4.78, 5) is 9.31. The van der Waals surface area contributed by atoms with E-state index in [4.69, 9.17) is 14.0 Å². The molecule has 0 unspecified atom stereocenters. The minimum Gasteiger partial charge on any atom is -0.496 e. The third-order valence-corrected chi connectivity index (χ3v) is 6.07. The highest BCUT2D eigenvalue weighted by Crippen LogP contribution is 2.30. The van der Waals surface area contributed by atoms with E-state index in [1.165, 1.54) is 16.5 Å². The average Bonchev–Trinajstić information content (AvgIpc) is 3.33. The Morgan fingerprint density at radius 2 is 1.69 bits per heavy atom. The Labute approximate surface area is 223 Å². The quantitative estimate of drug-likeness (QED) is 0.347. The topological polar surface area (TPSA) is 95.4 Å². The molecule has 10 heteroatoms. The first-order valence-corrected chi connectivity index (χ1v) is 11.2. The van der Waals surface area contributed by atoms with Gasteiger partial charge >= 0.3 is 0 Å². The second-order valence-corrected chi connectivity index (χ2v) is 8.33. The van der Waals surface area contributed by atoms with Gasteiger partial charge < -0.3 is 29.3 Å². The number of rotatable bonds is 7. The van der Waals surface area contributed by atoms with E-state index in [0.717, 1.165) is 37.3 Å². The Bertz CT molecular complexity index is 1250. The van der Waals surface area contributed by atoms with Crippen molar-refractivity contribution in [2.75, 3.05) is 45.2 Å². The van der Waals surface area contributed by atoms with Crippen LogP contribution in [0.1, 0.15) is 11.4 Å². The van der Waals surface area contributed by atoms with Crippen LogP contribution in [0.3, 0.4) is 0 Å². The van der Waals surface area contributed by atoms with Crippen molar-refractivity contribution in [2.45, 2.75) is 13.2 Å². The van der Waals surface area contributed by atoms with E-state index >= 15 is 0 Å². The number of ether oxygens (including phenoxy) is 2. The highest BCUT2D eigenvalue weighted by molar-refractivity contribution is 5.94. The van der Waals surface area contributed by atoms with Gasteiger partial charge in [0.15, 0.2) is 5.82 Å². The molecule has 8 nitrogen and oxygen atoms in total. The van der Waals surface area contributed by atoms with Crippen LogP contribution in [0.4, 0.5) is 5.69 Å². The van der Waals surface area contributed by atoms with Crippen molar-refractivity contribution in [1.29, 1.82) is 0 Å². The maximum atomic E-state index is 5.92. The van der Waals surface area contributed by atoms with E-state index in [1.54, 1.807) is 7.11 Å². The summed E-state index contributed by atoms with van der Waals surface area (Å²) in [6.45, 7) is 5.01. The molecule has 0 saturated carbocycles. The number of piperazine rings is 1. The number of aromatic nitrogens is 2. The third-order valence-electron chi connectivity index (χ3n) is 6.07. The Hall–Kier alpha value is -2.88. The van der Waals surface area contributed by atoms with Gasteiger partial charge in [-0.05, 0) is 42.3 Å². The lowest BCUT2D eigenvalue weighted by atomic mass is 10.0. The number of methoxy groups -OCH3 is 1. The molecule has 3 aromatic carbocycles. The molecule has 4 aromatic rings. The molecule has 1 aromatic heterocycles. The van der Waals surface area contributed by atoms with E-state index in [0.29, 0.717) is 24.1 Å². The molecular weight excluding hydrogens is 503 g/mol. The molecule has 0 atom stereocenters. The van der Waals surface area contributed by atoms with Crippen molar-refractivity contribution in [3.63, 3.8) is 0 Å². The van der Waals surface area contributed by atoms with Gasteiger partial charge in [0.2, 0.25) is 0 Å². The van der Waals surface area contributed by atoms with Crippen molar-refractivity contribution in [3.8, 4) is 17.2 Å².